The highest BCUT2D eigenvalue weighted by molar-refractivity contribution is 5.80. The minimum Gasteiger partial charge on any atom is -0.383 e. The Balaban J connectivity index is 1.49. The van der Waals surface area contributed by atoms with Crippen molar-refractivity contribution in [2.24, 2.45) is 5.92 Å². The molecule has 6 heteroatoms. The molecular formula is C24H34N4O2. The lowest BCUT2D eigenvalue weighted by Gasteiger charge is -2.38. The quantitative estimate of drug-likeness (QED) is 0.762. The zero-order chi connectivity index (χ0) is 21.3. The van der Waals surface area contributed by atoms with Gasteiger partial charge >= 0.3 is 0 Å². The van der Waals surface area contributed by atoms with Crippen LogP contribution in [0.3, 0.4) is 0 Å². The van der Waals surface area contributed by atoms with Crippen LogP contribution in [0.1, 0.15) is 49.9 Å². The zero-order valence-corrected chi connectivity index (χ0v) is 18.6. The molecule has 0 radical (unpaired) electrons. The molecule has 1 N–H and O–H groups in total. The van der Waals surface area contributed by atoms with Gasteiger partial charge < -0.3 is 15.0 Å². The van der Waals surface area contributed by atoms with Gasteiger partial charge in [-0.3, -0.25) is 9.48 Å². The number of likely N-dealkylation sites (tertiary alicyclic amines) is 1. The number of nitrogens with zero attached hydrogens (tertiary/aromatic N) is 3. The van der Waals surface area contributed by atoms with E-state index in [1.165, 1.54) is 11.1 Å². The molecule has 2 aliphatic rings. The first-order chi connectivity index (χ1) is 14.4. The van der Waals surface area contributed by atoms with E-state index in [0.29, 0.717) is 19.1 Å². The lowest BCUT2D eigenvalue weighted by molar-refractivity contribution is -0.133. The van der Waals surface area contributed by atoms with E-state index >= 15 is 0 Å². The first kappa shape index (κ1) is 21.1. The van der Waals surface area contributed by atoms with Crippen molar-refractivity contribution in [2.75, 3.05) is 20.3 Å². The number of fused-ring (bicyclic) bond motifs is 1. The van der Waals surface area contributed by atoms with Gasteiger partial charge in [-0.1, -0.05) is 24.3 Å². The molecule has 6 nitrogen and oxygen atoms in total. The second kappa shape index (κ2) is 8.52. The normalized spacial score (nSPS) is 22.1. The summed E-state index contributed by atoms with van der Waals surface area (Å²) in [5.74, 6) is 0.471. The molecule has 1 aliphatic heterocycles. The van der Waals surface area contributed by atoms with Gasteiger partial charge in [-0.25, -0.2) is 0 Å². The summed E-state index contributed by atoms with van der Waals surface area (Å²) >= 11 is 0. The van der Waals surface area contributed by atoms with E-state index in [1.54, 1.807) is 7.11 Å². The van der Waals surface area contributed by atoms with Crippen LogP contribution in [0, 0.1) is 5.92 Å². The Labute approximate surface area is 179 Å². The minimum absolute atomic E-state index is 0.0464. The summed E-state index contributed by atoms with van der Waals surface area (Å²) in [5, 5.41) is 8.29. The number of hydrogen-bond acceptors (Lipinski definition) is 4. The van der Waals surface area contributed by atoms with E-state index in [-0.39, 0.29) is 23.4 Å². The number of ether oxygens (including phenoxy) is 1. The van der Waals surface area contributed by atoms with E-state index in [1.807, 2.05) is 10.9 Å². The fraction of sp³-hybridized carbons (Fsp3) is 0.583. The molecule has 30 heavy (non-hydrogen) atoms. The van der Waals surface area contributed by atoms with Gasteiger partial charge in [0.25, 0.3) is 0 Å². The van der Waals surface area contributed by atoms with Gasteiger partial charge in [0.05, 0.1) is 25.4 Å². The fourth-order valence-corrected chi connectivity index (χ4v) is 5.06. The Bertz CT molecular complexity index is 860. The number of aromatic nitrogens is 2. The van der Waals surface area contributed by atoms with Crippen LogP contribution in [0.4, 0.5) is 0 Å². The second-order valence-corrected chi connectivity index (χ2v) is 9.66. The first-order valence-corrected chi connectivity index (χ1v) is 11.0. The summed E-state index contributed by atoms with van der Waals surface area (Å²) in [6.45, 7) is 8.55. The molecule has 4 rings (SSSR count). The van der Waals surface area contributed by atoms with Crippen molar-refractivity contribution in [1.82, 2.24) is 20.0 Å². The number of carbonyl (C=O) groups is 1. The second-order valence-electron chi connectivity index (χ2n) is 9.66. The van der Waals surface area contributed by atoms with Crippen LogP contribution in [0.2, 0.25) is 0 Å². The van der Waals surface area contributed by atoms with Crippen molar-refractivity contribution in [2.45, 2.75) is 64.2 Å². The van der Waals surface area contributed by atoms with Crippen molar-refractivity contribution in [3.63, 3.8) is 0 Å². The van der Waals surface area contributed by atoms with Crippen LogP contribution in [-0.2, 0) is 28.9 Å². The maximum absolute atomic E-state index is 13.0. The van der Waals surface area contributed by atoms with E-state index in [4.69, 9.17) is 4.74 Å². The number of methoxy groups -OCH3 is 1. The summed E-state index contributed by atoms with van der Waals surface area (Å²) in [5.41, 5.74) is 3.79. The Morgan fingerprint density at radius 1 is 1.17 bits per heavy atom. The summed E-state index contributed by atoms with van der Waals surface area (Å²) in [7, 11) is 1.70. The Morgan fingerprint density at radius 2 is 1.87 bits per heavy atom. The van der Waals surface area contributed by atoms with Gasteiger partial charge in [0.2, 0.25) is 5.91 Å². The summed E-state index contributed by atoms with van der Waals surface area (Å²) in [6, 6.07) is 9.20. The molecule has 162 valence electrons. The predicted molar refractivity (Wildman–Crippen MR) is 117 cm³/mol. The molecule has 1 amide bonds. The van der Waals surface area contributed by atoms with E-state index in [9.17, 15) is 4.79 Å². The molecule has 1 saturated heterocycles. The third-order valence-corrected chi connectivity index (χ3v) is 6.39. The third-order valence-electron chi connectivity index (χ3n) is 6.39. The molecule has 0 saturated carbocycles. The van der Waals surface area contributed by atoms with Crippen LogP contribution in [0.15, 0.2) is 36.7 Å². The highest BCUT2D eigenvalue weighted by atomic mass is 16.5. The topological polar surface area (TPSA) is 59.4 Å². The molecule has 1 fully saturated rings. The maximum atomic E-state index is 13.0. The average Bonchev–Trinajstić information content (AvgIpc) is 3.40. The van der Waals surface area contributed by atoms with Gasteiger partial charge in [0.1, 0.15) is 0 Å². The standard InChI is InChI=1S/C24H34N4O2/c1-24(2,3)28-22(29)13-19(23(28)20-15-26-27(16-20)9-10-30-4)14-25-21-11-17-7-5-6-8-18(17)12-21/h5-8,15-16,19,21,23,25H,9-14H2,1-4H3/t19-,23+/m0/s1. The van der Waals surface area contributed by atoms with Crippen molar-refractivity contribution >= 4 is 5.91 Å². The fourth-order valence-electron chi connectivity index (χ4n) is 5.06. The number of amides is 1. The van der Waals surface area contributed by atoms with Crippen LogP contribution >= 0.6 is 0 Å². The maximum Gasteiger partial charge on any atom is 0.223 e. The molecule has 2 heterocycles. The van der Waals surface area contributed by atoms with Crippen LogP contribution < -0.4 is 5.32 Å². The van der Waals surface area contributed by atoms with Crippen LogP contribution in [-0.4, -0.2) is 52.4 Å². The smallest absolute Gasteiger partial charge is 0.223 e. The first-order valence-electron chi connectivity index (χ1n) is 11.0. The summed E-state index contributed by atoms with van der Waals surface area (Å²) in [6.07, 6.45) is 6.73. The Hall–Kier alpha value is -2.18. The molecule has 0 bridgehead atoms. The molecule has 2 atom stereocenters. The predicted octanol–water partition coefficient (Wildman–Crippen LogP) is 2.97. The zero-order valence-electron chi connectivity index (χ0n) is 18.6. The van der Waals surface area contributed by atoms with Gasteiger partial charge in [-0.05, 0) is 44.7 Å². The van der Waals surface area contributed by atoms with Gasteiger partial charge in [0, 0.05) is 49.3 Å². The molecule has 1 aromatic carbocycles. The molecule has 1 aliphatic carbocycles. The number of benzene rings is 1. The highest BCUT2D eigenvalue weighted by Crippen LogP contribution is 2.42. The lowest BCUT2D eigenvalue weighted by atomic mass is 9.93. The number of rotatable bonds is 7. The van der Waals surface area contributed by atoms with Gasteiger partial charge in [0.15, 0.2) is 0 Å². The number of carbonyl (C=O) groups excluding carboxylic acids is 1. The Kier molecular flexibility index (Phi) is 5.98. The molecule has 2 aromatic rings. The Morgan fingerprint density at radius 3 is 2.50 bits per heavy atom. The molecule has 1 aromatic heterocycles. The largest absolute Gasteiger partial charge is 0.383 e. The minimum atomic E-state index is -0.227. The molecule has 0 unspecified atom stereocenters. The van der Waals surface area contributed by atoms with Gasteiger partial charge in [-0.2, -0.15) is 5.10 Å². The van der Waals surface area contributed by atoms with Crippen LogP contribution in [0.5, 0.6) is 0 Å². The summed E-state index contributed by atoms with van der Waals surface area (Å²) in [4.78, 5) is 15.1. The average molecular weight is 411 g/mol. The molecule has 0 spiro atoms. The number of hydrogen-bond donors (Lipinski definition) is 1. The van der Waals surface area contributed by atoms with E-state index in [0.717, 1.165) is 31.5 Å². The van der Waals surface area contributed by atoms with Crippen molar-refractivity contribution < 1.29 is 9.53 Å². The lowest BCUT2D eigenvalue weighted by Crippen LogP contribution is -2.45. The third kappa shape index (κ3) is 4.30. The van der Waals surface area contributed by atoms with Crippen molar-refractivity contribution in [1.29, 1.82) is 0 Å². The molecular weight excluding hydrogens is 376 g/mol. The van der Waals surface area contributed by atoms with Crippen LogP contribution in [0.25, 0.3) is 0 Å². The summed E-state index contributed by atoms with van der Waals surface area (Å²) < 4.78 is 7.10. The SMILES string of the molecule is COCCn1cc([C@H]2[C@H](CNC3Cc4ccccc4C3)CC(=O)N2C(C)(C)C)cn1. The highest BCUT2D eigenvalue weighted by Gasteiger charge is 2.46. The monoisotopic (exact) mass is 410 g/mol. The van der Waals surface area contributed by atoms with Crippen molar-refractivity contribution in [3.05, 3.63) is 53.3 Å². The van der Waals surface area contributed by atoms with Crippen molar-refractivity contribution in [3.8, 4) is 0 Å². The van der Waals surface area contributed by atoms with E-state index < -0.39 is 0 Å². The van der Waals surface area contributed by atoms with E-state index in [2.05, 4.69) is 66.5 Å². The number of nitrogens with one attached hydrogen (secondary N) is 1. The van der Waals surface area contributed by atoms with Gasteiger partial charge in [-0.15, -0.1) is 0 Å².